The molecule has 3 nitrogen and oxygen atoms in total. The number of hydrogen-bond acceptors (Lipinski definition) is 5. The summed E-state index contributed by atoms with van der Waals surface area (Å²) in [6, 6.07) is 4.00. The lowest BCUT2D eigenvalue weighted by Gasteiger charge is -1.80. The van der Waals surface area contributed by atoms with E-state index in [0.717, 1.165) is 4.88 Å². The molecular formula is C7H5N3S2. The molecule has 2 aromatic rings. The Hall–Kier alpha value is -1.07. The van der Waals surface area contributed by atoms with Gasteiger partial charge in [-0.25, -0.2) is 4.99 Å². The third-order valence-electron chi connectivity index (χ3n) is 1.19. The standard InChI is InChI=1S/C7H5N3S2/c1-2-6(11-3-1)4-8-7-10-9-5-12-7/h1-5H. The minimum atomic E-state index is 0.698. The second-order valence-corrected chi connectivity index (χ2v) is 3.79. The van der Waals surface area contributed by atoms with Crippen LogP contribution in [0.2, 0.25) is 0 Å². The fraction of sp³-hybridized carbons (Fsp3) is 0. The molecule has 5 heteroatoms. The molecule has 0 radical (unpaired) electrons. The number of thiophene rings is 1. The maximum absolute atomic E-state index is 4.14. The predicted octanol–water partition coefficient (Wildman–Crippen LogP) is 2.35. The highest BCUT2D eigenvalue weighted by Crippen LogP contribution is 2.13. The quantitative estimate of drug-likeness (QED) is 0.690. The maximum atomic E-state index is 4.14. The molecule has 0 aromatic carbocycles. The summed E-state index contributed by atoms with van der Waals surface area (Å²) in [6.07, 6.45) is 1.80. The van der Waals surface area contributed by atoms with Gasteiger partial charge in [0.15, 0.2) is 0 Å². The van der Waals surface area contributed by atoms with E-state index < -0.39 is 0 Å². The van der Waals surface area contributed by atoms with Gasteiger partial charge in [-0.15, -0.1) is 21.5 Å². The van der Waals surface area contributed by atoms with Crippen molar-refractivity contribution in [1.82, 2.24) is 10.2 Å². The van der Waals surface area contributed by atoms with Crippen LogP contribution in [0.4, 0.5) is 5.13 Å². The van der Waals surface area contributed by atoms with Crippen LogP contribution in [-0.2, 0) is 0 Å². The van der Waals surface area contributed by atoms with E-state index in [9.17, 15) is 0 Å². The topological polar surface area (TPSA) is 38.1 Å². The van der Waals surface area contributed by atoms with Gasteiger partial charge in [0.2, 0.25) is 5.13 Å². The van der Waals surface area contributed by atoms with Crippen LogP contribution in [0, 0.1) is 0 Å². The van der Waals surface area contributed by atoms with Crippen molar-refractivity contribution >= 4 is 34.0 Å². The fourth-order valence-corrected chi connectivity index (χ4v) is 1.69. The molecule has 0 aliphatic rings. The first kappa shape index (κ1) is 7.57. The number of rotatable bonds is 2. The van der Waals surface area contributed by atoms with E-state index in [4.69, 9.17) is 0 Å². The highest BCUT2D eigenvalue weighted by Gasteiger charge is 1.90. The van der Waals surface area contributed by atoms with E-state index in [1.807, 2.05) is 17.5 Å². The molecule has 0 unspecified atom stereocenters. The van der Waals surface area contributed by atoms with Gasteiger partial charge in [-0.2, -0.15) is 0 Å². The molecule has 12 heavy (non-hydrogen) atoms. The smallest absolute Gasteiger partial charge is 0.225 e. The zero-order valence-electron chi connectivity index (χ0n) is 6.04. The van der Waals surface area contributed by atoms with Crippen molar-refractivity contribution in [1.29, 1.82) is 0 Å². The molecule has 2 aromatic heterocycles. The molecule has 0 saturated carbocycles. The van der Waals surface area contributed by atoms with E-state index >= 15 is 0 Å². The van der Waals surface area contributed by atoms with Crippen molar-refractivity contribution in [3.8, 4) is 0 Å². The molecule has 0 aliphatic carbocycles. The van der Waals surface area contributed by atoms with Crippen molar-refractivity contribution in [2.45, 2.75) is 0 Å². The Bertz CT molecular complexity index is 314. The molecule has 0 amide bonds. The summed E-state index contributed by atoms with van der Waals surface area (Å²) < 4.78 is 0. The Morgan fingerprint density at radius 1 is 1.42 bits per heavy atom. The minimum absolute atomic E-state index is 0.698. The Morgan fingerprint density at radius 2 is 2.42 bits per heavy atom. The highest BCUT2D eigenvalue weighted by atomic mass is 32.1. The third-order valence-corrected chi connectivity index (χ3v) is 2.60. The summed E-state index contributed by atoms with van der Waals surface area (Å²) in [4.78, 5) is 5.27. The van der Waals surface area contributed by atoms with Crippen molar-refractivity contribution in [2.24, 2.45) is 4.99 Å². The van der Waals surface area contributed by atoms with Crippen LogP contribution in [0.3, 0.4) is 0 Å². The van der Waals surface area contributed by atoms with E-state index in [1.54, 1.807) is 23.1 Å². The average Bonchev–Trinajstić information content (AvgIpc) is 2.74. The average molecular weight is 195 g/mol. The van der Waals surface area contributed by atoms with Crippen molar-refractivity contribution < 1.29 is 0 Å². The first-order valence-corrected chi connectivity index (χ1v) is 5.05. The predicted molar refractivity (Wildman–Crippen MR) is 51.5 cm³/mol. The van der Waals surface area contributed by atoms with Gasteiger partial charge in [0.1, 0.15) is 5.51 Å². The zero-order chi connectivity index (χ0) is 8.23. The molecule has 0 bridgehead atoms. The van der Waals surface area contributed by atoms with Gasteiger partial charge in [-0.05, 0) is 11.4 Å². The van der Waals surface area contributed by atoms with Gasteiger partial charge in [-0.1, -0.05) is 17.4 Å². The molecule has 0 aliphatic heterocycles. The van der Waals surface area contributed by atoms with E-state index in [1.165, 1.54) is 11.3 Å². The fourth-order valence-electron chi connectivity index (χ4n) is 0.707. The number of hydrogen-bond donors (Lipinski definition) is 0. The first-order valence-electron chi connectivity index (χ1n) is 3.29. The summed E-state index contributed by atoms with van der Waals surface area (Å²) in [5.41, 5.74) is 1.67. The van der Waals surface area contributed by atoms with E-state index in [0.29, 0.717) is 5.13 Å². The lowest BCUT2D eigenvalue weighted by Crippen LogP contribution is -1.70. The highest BCUT2D eigenvalue weighted by molar-refractivity contribution is 7.13. The monoisotopic (exact) mass is 195 g/mol. The number of aliphatic imine (C=N–C) groups is 1. The Labute approximate surface area is 77.4 Å². The van der Waals surface area contributed by atoms with Gasteiger partial charge >= 0.3 is 0 Å². The first-order chi connectivity index (χ1) is 5.95. The number of nitrogens with zero attached hydrogens (tertiary/aromatic N) is 3. The third kappa shape index (κ3) is 1.75. The van der Waals surface area contributed by atoms with Crippen LogP contribution in [-0.4, -0.2) is 16.4 Å². The van der Waals surface area contributed by atoms with Gasteiger partial charge in [0.05, 0.1) is 0 Å². The Morgan fingerprint density at radius 3 is 3.08 bits per heavy atom. The van der Waals surface area contributed by atoms with Gasteiger partial charge in [0.25, 0.3) is 0 Å². The molecule has 2 rings (SSSR count). The van der Waals surface area contributed by atoms with Crippen LogP contribution < -0.4 is 0 Å². The lowest BCUT2D eigenvalue weighted by molar-refractivity contribution is 1.08. The van der Waals surface area contributed by atoms with Crippen LogP contribution in [0.15, 0.2) is 28.0 Å². The summed E-state index contributed by atoms with van der Waals surface area (Å²) in [5, 5.41) is 10.2. The number of aromatic nitrogens is 2. The van der Waals surface area contributed by atoms with Crippen LogP contribution in [0.5, 0.6) is 0 Å². The molecular weight excluding hydrogens is 190 g/mol. The van der Waals surface area contributed by atoms with Crippen molar-refractivity contribution in [3.63, 3.8) is 0 Å². The van der Waals surface area contributed by atoms with Crippen molar-refractivity contribution in [2.75, 3.05) is 0 Å². The second-order valence-electron chi connectivity index (χ2n) is 1.99. The van der Waals surface area contributed by atoms with E-state index in [-0.39, 0.29) is 0 Å². The zero-order valence-corrected chi connectivity index (χ0v) is 7.68. The van der Waals surface area contributed by atoms with Crippen molar-refractivity contribution in [3.05, 3.63) is 27.9 Å². The Kier molecular flexibility index (Phi) is 2.24. The molecule has 0 atom stereocenters. The van der Waals surface area contributed by atoms with Gasteiger partial charge < -0.3 is 0 Å². The summed E-state index contributed by atoms with van der Waals surface area (Å²) in [5.74, 6) is 0. The summed E-state index contributed by atoms with van der Waals surface area (Å²) in [6.45, 7) is 0. The van der Waals surface area contributed by atoms with E-state index in [2.05, 4.69) is 15.2 Å². The molecule has 0 spiro atoms. The normalized spacial score (nSPS) is 11.0. The minimum Gasteiger partial charge on any atom is -0.225 e. The largest absolute Gasteiger partial charge is 0.231 e. The molecule has 60 valence electrons. The molecule has 0 N–H and O–H groups in total. The van der Waals surface area contributed by atoms with Crippen LogP contribution in [0.1, 0.15) is 4.88 Å². The molecule has 0 fully saturated rings. The molecule has 0 saturated heterocycles. The summed E-state index contributed by atoms with van der Waals surface area (Å²) in [7, 11) is 0. The summed E-state index contributed by atoms with van der Waals surface area (Å²) >= 11 is 3.08. The van der Waals surface area contributed by atoms with Crippen LogP contribution >= 0.6 is 22.7 Å². The maximum Gasteiger partial charge on any atom is 0.231 e. The van der Waals surface area contributed by atoms with Crippen LogP contribution in [0.25, 0.3) is 0 Å². The lowest BCUT2D eigenvalue weighted by atomic mass is 10.5. The molecule has 2 heterocycles. The second kappa shape index (κ2) is 3.55. The SMILES string of the molecule is C(=Nc1nncs1)c1cccs1. The van der Waals surface area contributed by atoms with Gasteiger partial charge in [-0.3, -0.25) is 0 Å². The van der Waals surface area contributed by atoms with Gasteiger partial charge in [0, 0.05) is 11.1 Å². The Balaban J connectivity index is 2.14.